The van der Waals surface area contributed by atoms with Gasteiger partial charge in [0.05, 0.1) is 5.88 Å². The van der Waals surface area contributed by atoms with Gasteiger partial charge < -0.3 is 9.45 Å². The number of thioether (sulfide) groups is 1. The number of benzene rings is 1. The molecule has 0 spiro atoms. The molecule has 0 aromatic heterocycles. The molecule has 0 N–H and O–H groups in total. The summed E-state index contributed by atoms with van der Waals surface area (Å²) in [6.07, 6.45) is 2.02. The average Bonchev–Trinajstić information content (AvgIpc) is 2.71. The SMILES string of the molecule is O=S([O-])Cc1ccc(N2C=CSC2)cc1. The normalized spacial score (nSPS) is 17.0. The Morgan fingerprint density at radius 3 is 2.67 bits per heavy atom. The van der Waals surface area contributed by atoms with E-state index in [1.807, 2.05) is 35.9 Å². The van der Waals surface area contributed by atoms with Gasteiger partial charge >= 0.3 is 0 Å². The largest absolute Gasteiger partial charge is 0.772 e. The molecule has 0 radical (unpaired) electrons. The highest BCUT2D eigenvalue weighted by molar-refractivity contribution is 8.02. The minimum absolute atomic E-state index is 0.0882. The lowest BCUT2D eigenvalue weighted by Gasteiger charge is -2.15. The molecule has 1 unspecified atom stereocenters. The molecular weight excluding hydrogens is 230 g/mol. The van der Waals surface area contributed by atoms with E-state index < -0.39 is 11.1 Å². The van der Waals surface area contributed by atoms with E-state index in [1.165, 1.54) is 0 Å². The zero-order valence-electron chi connectivity index (χ0n) is 7.96. The van der Waals surface area contributed by atoms with Crippen molar-refractivity contribution in [1.29, 1.82) is 0 Å². The van der Waals surface area contributed by atoms with Crippen LogP contribution < -0.4 is 4.90 Å². The number of rotatable bonds is 3. The van der Waals surface area contributed by atoms with Crippen molar-refractivity contribution in [1.82, 2.24) is 0 Å². The van der Waals surface area contributed by atoms with Gasteiger partial charge in [0.15, 0.2) is 0 Å². The van der Waals surface area contributed by atoms with Gasteiger partial charge in [0, 0.05) is 17.6 Å². The molecule has 1 aliphatic heterocycles. The molecule has 1 aromatic carbocycles. The fraction of sp³-hybridized carbons (Fsp3) is 0.200. The summed E-state index contributed by atoms with van der Waals surface area (Å²) in [4.78, 5) is 2.11. The molecule has 2 rings (SSSR count). The fourth-order valence-electron chi connectivity index (χ4n) is 1.36. The lowest BCUT2D eigenvalue weighted by Crippen LogP contribution is -2.10. The summed E-state index contributed by atoms with van der Waals surface area (Å²) in [5.74, 6) is 1.01. The van der Waals surface area contributed by atoms with Gasteiger partial charge in [-0.2, -0.15) is 0 Å². The minimum Gasteiger partial charge on any atom is -0.772 e. The molecule has 0 saturated heterocycles. The van der Waals surface area contributed by atoms with Gasteiger partial charge in [-0.05, 0) is 23.1 Å². The fourth-order valence-corrected chi connectivity index (χ4v) is 2.54. The van der Waals surface area contributed by atoms with Crippen molar-refractivity contribution >= 4 is 28.5 Å². The topological polar surface area (TPSA) is 43.4 Å². The third kappa shape index (κ3) is 2.84. The molecular formula is C10H10NO2S2-. The molecule has 1 heterocycles. The van der Waals surface area contributed by atoms with Crippen LogP contribution in [0.15, 0.2) is 35.9 Å². The predicted octanol–water partition coefficient (Wildman–Crippen LogP) is 2.05. The second kappa shape index (κ2) is 4.83. The number of hydrogen-bond donors (Lipinski definition) is 0. The van der Waals surface area contributed by atoms with E-state index in [0.717, 1.165) is 17.1 Å². The van der Waals surface area contributed by atoms with Crippen molar-refractivity contribution < 1.29 is 8.76 Å². The summed E-state index contributed by atoms with van der Waals surface area (Å²) in [7, 11) is 0. The first-order valence-corrected chi connectivity index (χ1v) is 6.75. The molecule has 3 nitrogen and oxygen atoms in total. The Labute approximate surface area is 95.5 Å². The Morgan fingerprint density at radius 2 is 2.13 bits per heavy atom. The Bertz CT molecular complexity index is 389. The van der Waals surface area contributed by atoms with Crippen molar-refractivity contribution in [2.75, 3.05) is 10.8 Å². The van der Waals surface area contributed by atoms with Crippen molar-refractivity contribution in [2.45, 2.75) is 5.75 Å². The maximum absolute atomic E-state index is 10.5. The van der Waals surface area contributed by atoms with E-state index in [4.69, 9.17) is 0 Å². The Hall–Kier alpha value is -0.780. The summed E-state index contributed by atoms with van der Waals surface area (Å²) >= 11 is -0.268. The Morgan fingerprint density at radius 1 is 1.40 bits per heavy atom. The molecule has 0 bridgehead atoms. The van der Waals surface area contributed by atoms with Gasteiger partial charge in [0.25, 0.3) is 0 Å². The van der Waals surface area contributed by atoms with Crippen molar-refractivity contribution in [3.05, 3.63) is 41.4 Å². The van der Waals surface area contributed by atoms with Crippen LogP contribution in [0.25, 0.3) is 0 Å². The second-order valence-electron chi connectivity index (χ2n) is 3.17. The maximum atomic E-state index is 10.5. The van der Waals surface area contributed by atoms with E-state index in [1.54, 1.807) is 11.8 Å². The average molecular weight is 240 g/mol. The highest BCUT2D eigenvalue weighted by Gasteiger charge is 2.06. The smallest absolute Gasteiger partial charge is 0.0723 e. The molecule has 5 heteroatoms. The quantitative estimate of drug-likeness (QED) is 0.758. The molecule has 1 atom stereocenters. The number of nitrogens with zero attached hydrogens (tertiary/aromatic N) is 1. The zero-order chi connectivity index (χ0) is 10.7. The zero-order valence-corrected chi connectivity index (χ0v) is 9.59. The van der Waals surface area contributed by atoms with E-state index in [-0.39, 0.29) is 5.75 Å². The highest BCUT2D eigenvalue weighted by atomic mass is 32.2. The van der Waals surface area contributed by atoms with Gasteiger partial charge in [0.2, 0.25) is 0 Å². The third-order valence-corrected chi connectivity index (χ3v) is 3.41. The van der Waals surface area contributed by atoms with Crippen LogP contribution >= 0.6 is 11.8 Å². The standard InChI is InChI=1S/C10H11NO2S2/c12-15(13)7-9-1-3-10(4-2-9)11-5-6-14-8-11/h1-6H,7-8H2,(H,12,13)/p-1. The number of anilines is 1. The minimum atomic E-state index is -2.01. The maximum Gasteiger partial charge on any atom is 0.0723 e. The monoisotopic (exact) mass is 240 g/mol. The van der Waals surface area contributed by atoms with Crippen LogP contribution in [0, 0.1) is 0 Å². The van der Waals surface area contributed by atoms with Crippen LogP contribution in [-0.2, 0) is 16.8 Å². The molecule has 80 valence electrons. The molecule has 0 fully saturated rings. The summed E-state index contributed by atoms with van der Waals surface area (Å²) < 4.78 is 21.0. The molecule has 0 aliphatic carbocycles. The lowest BCUT2D eigenvalue weighted by molar-refractivity contribution is 0.536. The van der Waals surface area contributed by atoms with Crippen LogP contribution in [0.2, 0.25) is 0 Å². The molecule has 15 heavy (non-hydrogen) atoms. The van der Waals surface area contributed by atoms with Gasteiger partial charge in [-0.1, -0.05) is 23.2 Å². The van der Waals surface area contributed by atoms with Crippen molar-refractivity contribution in [3.63, 3.8) is 0 Å². The third-order valence-electron chi connectivity index (χ3n) is 2.10. The molecule has 0 saturated carbocycles. The molecule has 1 aromatic rings. The van der Waals surface area contributed by atoms with E-state index in [9.17, 15) is 8.76 Å². The van der Waals surface area contributed by atoms with Crippen LogP contribution in [0.3, 0.4) is 0 Å². The Kier molecular flexibility index (Phi) is 3.45. The van der Waals surface area contributed by atoms with Crippen LogP contribution in [0.5, 0.6) is 0 Å². The first kappa shape index (κ1) is 10.7. The van der Waals surface area contributed by atoms with E-state index in [0.29, 0.717) is 0 Å². The van der Waals surface area contributed by atoms with Crippen LogP contribution in [0.1, 0.15) is 5.56 Å². The van der Waals surface area contributed by atoms with Gasteiger partial charge in [0.1, 0.15) is 0 Å². The van der Waals surface area contributed by atoms with Crippen LogP contribution in [0.4, 0.5) is 5.69 Å². The lowest BCUT2D eigenvalue weighted by atomic mass is 10.2. The number of hydrogen-bond acceptors (Lipinski definition) is 4. The van der Waals surface area contributed by atoms with E-state index >= 15 is 0 Å². The molecule has 1 aliphatic rings. The highest BCUT2D eigenvalue weighted by Crippen LogP contribution is 2.24. The van der Waals surface area contributed by atoms with Crippen LogP contribution in [-0.4, -0.2) is 14.6 Å². The second-order valence-corrected chi connectivity index (χ2v) is 4.93. The summed E-state index contributed by atoms with van der Waals surface area (Å²) in [5, 5.41) is 2.04. The van der Waals surface area contributed by atoms with Gasteiger partial charge in [-0.25, -0.2) is 0 Å². The molecule has 0 amide bonds. The Balaban J connectivity index is 2.09. The summed E-state index contributed by atoms with van der Waals surface area (Å²) in [6, 6.07) is 7.58. The van der Waals surface area contributed by atoms with Crippen molar-refractivity contribution in [2.24, 2.45) is 0 Å². The van der Waals surface area contributed by atoms with E-state index in [2.05, 4.69) is 4.90 Å². The predicted molar refractivity (Wildman–Crippen MR) is 63.1 cm³/mol. The van der Waals surface area contributed by atoms with Gasteiger partial charge in [-0.3, -0.25) is 4.21 Å². The first-order chi connectivity index (χ1) is 7.25. The summed E-state index contributed by atoms with van der Waals surface area (Å²) in [6.45, 7) is 0. The summed E-state index contributed by atoms with van der Waals surface area (Å²) in [5.41, 5.74) is 1.92. The van der Waals surface area contributed by atoms with Crippen molar-refractivity contribution in [3.8, 4) is 0 Å². The van der Waals surface area contributed by atoms with Gasteiger partial charge in [-0.15, -0.1) is 11.8 Å². The first-order valence-electron chi connectivity index (χ1n) is 4.45.